The van der Waals surface area contributed by atoms with Crippen molar-refractivity contribution in [2.24, 2.45) is 17.2 Å². The van der Waals surface area contributed by atoms with Crippen molar-refractivity contribution >= 4 is 23.9 Å². The van der Waals surface area contributed by atoms with Gasteiger partial charge in [0.25, 0.3) is 0 Å². The predicted octanol–water partition coefficient (Wildman–Crippen LogP) is -2.00. The molecule has 12 heteroatoms. The fourth-order valence-corrected chi connectivity index (χ4v) is 1.32. The second-order valence-corrected chi connectivity index (χ2v) is 4.69. The molecule has 0 aromatic rings. The molecule has 0 aliphatic heterocycles. The molecule has 2 amide bonds. The molecular formula is C12H25N5O7. The topological polar surface area (TPSA) is 231 Å². The zero-order valence-electron chi connectivity index (χ0n) is 13.1. The van der Waals surface area contributed by atoms with Gasteiger partial charge in [-0.2, -0.15) is 0 Å². The SMILES string of the molecule is NC(=O)NNC(CCC(=O)O)C(=O)O.NCCCCC(N)C(=O)O. The van der Waals surface area contributed by atoms with E-state index in [4.69, 9.17) is 26.8 Å². The van der Waals surface area contributed by atoms with Gasteiger partial charge in [0.1, 0.15) is 12.1 Å². The number of nitrogens with two attached hydrogens (primary N) is 3. The first-order valence-corrected chi connectivity index (χ1v) is 7.05. The van der Waals surface area contributed by atoms with Crippen LogP contribution in [0.5, 0.6) is 0 Å². The number of unbranched alkanes of at least 4 members (excludes halogenated alkanes) is 1. The Bertz CT molecular complexity index is 401. The molecule has 0 aromatic heterocycles. The van der Waals surface area contributed by atoms with Crippen molar-refractivity contribution in [2.45, 2.75) is 44.2 Å². The number of carbonyl (C=O) groups excluding carboxylic acids is 1. The number of rotatable bonds is 11. The van der Waals surface area contributed by atoms with Crippen LogP contribution in [-0.2, 0) is 14.4 Å². The van der Waals surface area contributed by atoms with Crippen LogP contribution in [0.3, 0.4) is 0 Å². The van der Waals surface area contributed by atoms with Crippen molar-refractivity contribution in [3.05, 3.63) is 0 Å². The molecule has 140 valence electrons. The van der Waals surface area contributed by atoms with Gasteiger partial charge in [0.05, 0.1) is 0 Å². The first kappa shape index (κ1) is 23.8. The Labute approximate surface area is 138 Å². The highest BCUT2D eigenvalue weighted by molar-refractivity contribution is 5.76. The summed E-state index contributed by atoms with van der Waals surface area (Å²) in [5.41, 5.74) is 19.0. The molecule has 0 rings (SSSR count). The Morgan fingerprint density at radius 1 is 0.958 bits per heavy atom. The lowest BCUT2D eigenvalue weighted by atomic mass is 10.1. The van der Waals surface area contributed by atoms with Gasteiger partial charge in [-0.25, -0.2) is 10.2 Å². The maximum atomic E-state index is 10.5. The summed E-state index contributed by atoms with van der Waals surface area (Å²) in [7, 11) is 0. The summed E-state index contributed by atoms with van der Waals surface area (Å²) in [5.74, 6) is -3.31. The largest absolute Gasteiger partial charge is 0.481 e. The van der Waals surface area contributed by atoms with E-state index in [1.807, 2.05) is 5.43 Å². The number of urea groups is 1. The highest BCUT2D eigenvalue weighted by Gasteiger charge is 2.18. The molecule has 0 heterocycles. The lowest BCUT2D eigenvalue weighted by molar-refractivity contribution is -0.141. The summed E-state index contributed by atoms with van der Waals surface area (Å²) in [6.07, 6.45) is 1.70. The molecule has 0 radical (unpaired) electrons. The fraction of sp³-hybridized carbons (Fsp3) is 0.667. The normalized spacial score (nSPS) is 12.2. The van der Waals surface area contributed by atoms with Gasteiger partial charge in [-0.15, -0.1) is 0 Å². The first-order chi connectivity index (χ1) is 11.1. The molecule has 0 fully saturated rings. The number of hydrazine groups is 1. The van der Waals surface area contributed by atoms with Crippen molar-refractivity contribution in [2.75, 3.05) is 6.54 Å². The van der Waals surface area contributed by atoms with Gasteiger partial charge in [-0.1, -0.05) is 6.42 Å². The van der Waals surface area contributed by atoms with E-state index in [0.717, 1.165) is 12.8 Å². The highest BCUT2D eigenvalue weighted by atomic mass is 16.4. The molecule has 0 saturated carbocycles. The van der Waals surface area contributed by atoms with Crippen molar-refractivity contribution < 1.29 is 34.5 Å². The summed E-state index contributed by atoms with van der Waals surface area (Å²) in [5, 5.41) is 25.2. The molecule has 0 saturated heterocycles. The van der Waals surface area contributed by atoms with Gasteiger partial charge < -0.3 is 32.5 Å². The third-order valence-electron chi connectivity index (χ3n) is 2.60. The van der Waals surface area contributed by atoms with Crippen LogP contribution in [0.4, 0.5) is 4.79 Å². The first-order valence-electron chi connectivity index (χ1n) is 7.05. The molecule has 0 aliphatic carbocycles. The number of hydrogen-bond donors (Lipinski definition) is 8. The van der Waals surface area contributed by atoms with Crippen LogP contribution >= 0.6 is 0 Å². The van der Waals surface area contributed by atoms with E-state index in [2.05, 4.69) is 11.2 Å². The lowest BCUT2D eigenvalue weighted by Crippen LogP contribution is -2.50. The number of carbonyl (C=O) groups is 4. The van der Waals surface area contributed by atoms with E-state index < -0.39 is 36.0 Å². The van der Waals surface area contributed by atoms with E-state index in [9.17, 15) is 19.2 Å². The van der Waals surface area contributed by atoms with Gasteiger partial charge in [0.15, 0.2) is 0 Å². The Morgan fingerprint density at radius 2 is 1.54 bits per heavy atom. The minimum atomic E-state index is -1.26. The van der Waals surface area contributed by atoms with Crippen LogP contribution in [0.25, 0.3) is 0 Å². The van der Waals surface area contributed by atoms with E-state index >= 15 is 0 Å². The molecular weight excluding hydrogens is 326 g/mol. The van der Waals surface area contributed by atoms with Gasteiger partial charge in [-0.3, -0.25) is 19.8 Å². The number of hydrogen-bond acceptors (Lipinski definition) is 7. The quantitative estimate of drug-likeness (QED) is 0.151. The van der Waals surface area contributed by atoms with Crippen molar-refractivity contribution in [3.8, 4) is 0 Å². The number of aliphatic carboxylic acids is 3. The highest BCUT2D eigenvalue weighted by Crippen LogP contribution is 1.97. The average Bonchev–Trinajstić information content (AvgIpc) is 2.46. The lowest BCUT2D eigenvalue weighted by Gasteiger charge is -2.12. The number of carboxylic acids is 3. The van der Waals surface area contributed by atoms with Crippen LogP contribution in [0.2, 0.25) is 0 Å². The van der Waals surface area contributed by atoms with Gasteiger partial charge in [0, 0.05) is 6.42 Å². The maximum absolute atomic E-state index is 10.5. The summed E-state index contributed by atoms with van der Waals surface area (Å²) in [4.78, 5) is 40.9. The van der Waals surface area contributed by atoms with Gasteiger partial charge in [-0.05, 0) is 25.8 Å². The minimum Gasteiger partial charge on any atom is -0.481 e. The van der Waals surface area contributed by atoms with Gasteiger partial charge in [0.2, 0.25) is 0 Å². The van der Waals surface area contributed by atoms with E-state index in [1.54, 1.807) is 0 Å². The fourth-order valence-electron chi connectivity index (χ4n) is 1.32. The molecule has 24 heavy (non-hydrogen) atoms. The smallest absolute Gasteiger partial charge is 0.326 e. The van der Waals surface area contributed by atoms with Crippen LogP contribution in [0.1, 0.15) is 32.1 Å². The van der Waals surface area contributed by atoms with Crippen LogP contribution in [0, 0.1) is 0 Å². The van der Waals surface area contributed by atoms with E-state index in [1.165, 1.54) is 0 Å². The van der Waals surface area contributed by atoms with Crippen molar-refractivity contribution in [1.82, 2.24) is 10.9 Å². The average molecular weight is 351 g/mol. The molecule has 0 bridgehead atoms. The number of nitrogens with one attached hydrogen (secondary N) is 2. The van der Waals surface area contributed by atoms with Crippen molar-refractivity contribution in [1.29, 1.82) is 0 Å². The molecule has 12 nitrogen and oxygen atoms in total. The Kier molecular flexibility index (Phi) is 14.1. The van der Waals surface area contributed by atoms with Crippen LogP contribution in [0.15, 0.2) is 0 Å². The predicted molar refractivity (Wildman–Crippen MR) is 82.7 cm³/mol. The Balaban J connectivity index is 0. The van der Waals surface area contributed by atoms with E-state index in [-0.39, 0.29) is 12.8 Å². The summed E-state index contributed by atoms with van der Waals surface area (Å²) >= 11 is 0. The molecule has 0 aliphatic rings. The summed E-state index contributed by atoms with van der Waals surface area (Å²) in [6, 6.07) is -2.82. The van der Waals surface area contributed by atoms with Crippen LogP contribution < -0.4 is 28.1 Å². The Morgan fingerprint density at radius 3 is 1.92 bits per heavy atom. The van der Waals surface area contributed by atoms with Gasteiger partial charge >= 0.3 is 23.9 Å². The number of carboxylic acid groups (broad SMARTS) is 3. The summed E-state index contributed by atoms with van der Waals surface area (Å²) in [6.45, 7) is 0.604. The molecule has 11 N–H and O–H groups in total. The minimum absolute atomic E-state index is 0.148. The third kappa shape index (κ3) is 15.9. The monoisotopic (exact) mass is 351 g/mol. The van der Waals surface area contributed by atoms with Crippen molar-refractivity contribution in [3.63, 3.8) is 0 Å². The molecule has 2 atom stereocenters. The van der Waals surface area contributed by atoms with Crippen LogP contribution in [-0.4, -0.2) is 57.9 Å². The number of primary amides is 1. The molecule has 0 spiro atoms. The maximum Gasteiger partial charge on any atom is 0.326 e. The molecule has 0 aromatic carbocycles. The second-order valence-electron chi connectivity index (χ2n) is 4.69. The zero-order chi connectivity index (χ0) is 19.1. The number of amides is 2. The Hall–Kier alpha value is -2.44. The summed E-state index contributed by atoms with van der Waals surface area (Å²) < 4.78 is 0. The second kappa shape index (κ2) is 14.2. The molecule has 2 unspecified atom stereocenters. The third-order valence-corrected chi connectivity index (χ3v) is 2.60. The zero-order valence-corrected chi connectivity index (χ0v) is 13.1. The standard InChI is InChI=1S/C6H11N3O5.C6H14N2O2/c7-6(14)9-8-3(5(12)13)1-2-4(10)11;7-4-2-1-3-5(8)6(9)10/h3,8H,1-2H2,(H,10,11)(H,12,13)(H3,7,9,14);5H,1-4,7-8H2,(H,9,10). The van der Waals surface area contributed by atoms with E-state index in [0.29, 0.717) is 13.0 Å².